The number of carbonyl (C=O) groups is 1. The third-order valence-corrected chi connectivity index (χ3v) is 6.34. The molecule has 0 unspecified atom stereocenters. The maximum absolute atomic E-state index is 12.6. The molecule has 0 aliphatic carbocycles. The van der Waals surface area contributed by atoms with Crippen molar-refractivity contribution in [1.29, 1.82) is 0 Å². The highest BCUT2D eigenvalue weighted by molar-refractivity contribution is 6.30. The monoisotopic (exact) mass is 411 g/mol. The van der Waals surface area contributed by atoms with Crippen LogP contribution in [0.5, 0.6) is 0 Å². The van der Waals surface area contributed by atoms with Crippen molar-refractivity contribution in [2.75, 3.05) is 49.1 Å². The highest BCUT2D eigenvalue weighted by Crippen LogP contribution is 2.27. The van der Waals surface area contributed by atoms with Gasteiger partial charge in [0.05, 0.1) is 0 Å². The number of benzene rings is 2. The minimum absolute atomic E-state index is 0.284. The van der Waals surface area contributed by atoms with Crippen molar-refractivity contribution in [2.45, 2.75) is 32.1 Å². The van der Waals surface area contributed by atoms with E-state index in [2.05, 4.69) is 40.1 Å². The first kappa shape index (κ1) is 20.2. The molecule has 0 aromatic heterocycles. The van der Waals surface area contributed by atoms with Gasteiger partial charge in [0.15, 0.2) is 0 Å². The van der Waals surface area contributed by atoms with E-state index in [4.69, 9.17) is 11.6 Å². The molecule has 1 fully saturated rings. The topological polar surface area (TPSA) is 26.8 Å². The molecule has 5 heteroatoms. The molecule has 2 aliphatic heterocycles. The molecular weight excluding hydrogens is 382 g/mol. The van der Waals surface area contributed by atoms with Crippen molar-refractivity contribution < 1.29 is 4.79 Å². The quantitative estimate of drug-likeness (QED) is 0.649. The van der Waals surface area contributed by atoms with E-state index >= 15 is 0 Å². The van der Waals surface area contributed by atoms with Gasteiger partial charge in [0.1, 0.15) is 0 Å². The molecule has 2 aliphatic rings. The Hall–Kier alpha value is -2.04. The van der Waals surface area contributed by atoms with E-state index in [1.165, 1.54) is 11.3 Å². The first-order valence-corrected chi connectivity index (χ1v) is 11.2. The summed E-state index contributed by atoms with van der Waals surface area (Å²) in [7, 11) is 0. The Morgan fingerprint density at radius 2 is 1.55 bits per heavy atom. The van der Waals surface area contributed by atoms with E-state index in [9.17, 15) is 4.79 Å². The molecule has 154 valence electrons. The molecule has 0 bridgehead atoms. The predicted octanol–water partition coefficient (Wildman–Crippen LogP) is 4.61. The average Bonchev–Trinajstić information content (AvgIpc) is 2.91. The van der Waals surface area contributed by atoms with E-state index in [0.29, 0.717) is 6.42 Å². The number of hydrogen-bond donors (Lipinski definition) is 0. The van der Waals surface area contributed by atoms with Crippen molar-refractivity contribution >= 4 is 28.9 Å². The van der Waals surface area contributed by atoms with Crippen molar-refractivity contribution in [3.63, 3.8) is 0 Å². The van der Waals surface area contributed by atoms with E-state index in [0.717, 1.165) is 75.7 Å². The number of rotatable bonds is 6. The van der Waals surface area contributed by atoms with Gasteiger partial charge >= 0.3 is 0 Å². The van der Waals surface area contributed by atoms with Crippen molar-refractivity contribution in [3.8, 4) is 0 Å². The Morgan fingerprint density at radius 1 is 0.828 bits per heavy atom. The molecule has 0 atom stereocenters. The fourth-order valence-electron chi connectivity index (χ4n) is 4.42. The van der Waals surface area contributed by atoms with Crippen LogP contribution in [-0.4, -0.2) is 50.1 Å². The highest BCUT2D eigenvalue weighted by atomic mass is 35.5. The second-order valence-corrected chi connectivity index (χ2v) is 8.48. The zero-order chi connectivity index (χ0) is 20.1. The summed E-state index contributed by atoms with van der Waals surface area (Å²) in [5.41, 5.74) is 3.70. The van der Waals surface area contributed by atoms with Crippen LogP contribution in [0.1, 0.15) is 31.2 Å². The van der Waals surface area contributed by atoms with Crippen LogP contribution in [0.3, 0.4) is 0 Å². The summed E-state index contributed by atoms with van der Waals surface area (Å²) in [6.07, 6.45) is 4.83. The zero-order valence-electron chi connectivity index (χ0n) is 17.0. The van der Waals surface area contributed by atoms with Crippen LogP contribution in [0.4, 0.5) is 11.4 Å². The Labute approximate surface area is 179 Å². The lowest BCUT2D eigenvalue weighted by Gasteiger charge is -2.36. The summed E-state index contributed by atoms with van der Waals surface area (Å²) in [5, 5.41) is 0.790. The first-order valence-electron chi connectivity index (χ1n) is 10.8. The van der Waals surface area contributed by atoms with E-state index < -0.39 is 0 Å². The number of hydrogen-bond acceptors (Lipinski definition) is 3. The number of carbonyl (C=O) groups excluding carboxylic acids is 1. The number of anilines is 2. The Morgan fingerprint density at radius 3 is 2.34 bits per heavy atom. The van der Waals surface area contributed by atoms with Crippen LogP contribution in [0.25, 0.3) is 0 Å². The molecule has 1 saturated heterocycles. The van der Waals surface area contributed by atoms with Gasteiger partial charge in [-0.15, -0.1) is 0 Å². The van der Waals surface area contributed by atoms with E-state index in [1.54, 1.807) is 0 Å². The largest absolute Gasteiger partial charge is 0.369 e. The van der Waals surface area contributed by atoms with Gasteiger partial charge in [-0.1, -0.05) is 29.8 Å². The van der Waals surface area contributed by atoms with Gasteiger partial charge in [-0.05, 0) is 68.1 Å². The number of halogens is 1. The summed E-state index contributed by atoms with van der Waals surface area (Å²) in [6, 6.07) is 16.5. The number of amides is 1. The molecule has 2 heterocycles. The van der Waals surface area contributed by atoms with Gasteiger partial charge < -0.3 is 9.80 Å². The smallest absolute Gasteiger partial charge is 0.226 e. The van der Waals surface area contributed by atoms with Crippen molar-refractivity contribution in [1.82, 2.24) is 4.90 Å². The Balaban J connectivity index is 1.22. The lowest BCUT2D eigenvalue weighted by molar-refractivity contribution is -0.118. The molecule has 0 radical (unpaired) electrons. The van der Waals surface area contributed by atoms with Gasteiger partial charge in [-0.25, -0.2) is 0 Å². The number of fused-ring (bicyclic) bond motifs is 1. The van der Waals surface area contributed by atoms with Crippen LogP contribution in [0.2, 0.25) is 5.02 Å². The Kier molecular flexibility index (Phi) is 6.73. The summed E-state index contributed by atoms with van der Waals surface area (Å²) in [4.78, 5) is 19.6. The van der Waals surface area contributed by atoms with Crippen LogP contribution in [-0.2, 0) is 11.2 Å². The molecule has 4 rings (SSSR count). The molecule has 1 amide bonds. The number of aryl methyl sites for hydroxylation is 1. The van der Waals surface area contributed by atoms with E-state index in [-0.39, 0.29) is 5.91 Å². The zero-order valence-corrected chi connectivity index (χ0v) is 17.8. The van der Waals surface area contributed by atoms with Crippen molar-refractivity contribution in [2.24, 2.45) is 0 Å². The molecular formula is C24H30ClN3O. The SMILES string of the molecule is O=C1CCCc2ccccc2N1CCCCN1CCN(c2ccc(Cl)cc2)CC1. The lowest BCUT2D eigenvalue weighted by atomic mass is 10.1. The van der Waals surface area contributed by atoms with E-state index in [1.807, 2.05) is 23.1 Å². The van der Waals surface area contributed by atoms with Gasteiger partial charge in [0.2, 0.25) is 5.91 Å². The summed E-state index contributed by atoms with van der Waals surface area (Å²) < 4.78 is 0. The molecule has 2 aromatic carbocycles. The van der Waals surface area contributed by atoms with Crippen LogP contribution in [0, 0.1) is 0 Å². The standard InChI is InChI=1S/C24H30ClN3O/c25-21-10-12-22(13-11-21)27-18-16-26(17-19-27)14-3-4-15-28-23-8-2-1-6-20(23)7-5-9-24(28)29/h1-2,6,8,10-13H,3-5,7,9,14-19H2. The van der Waals surface area contributed by atoms with Crippen molar-refractivity contribution in [3.05, 3.63) is 59.1 Å². The first-order chi connectivity index (χ1) is 14.2. The highest BCUT2D eigenvalue weighted by Gasteiger charge is 2.22. The van der Waals surface area contributed by atoms with Gasteiger partial charge in [-0.3, -0.25) is 9.69 Å². The van der Waals surface area contributed by atoms with Gasteiger partial charge in [0.25, 0.3) is 0 Å². The molecule has 4 nitrogen and oxygen atoms in total. The van der Waals surface area contributed by atoms with Gasteiger partial charge in [-0.2, -0.15) is 0 Å². The number of para-hydroxylation sites is 1. The number of piperazine rings is 1. The minimum atomic E-state index is 0.284. The molecule has 0 saturated carbocycles. The minimum Gasteiger partial charge on any atom is -0.369 e. The molecule has 0 spiro atoms. The molecule has 0 N–H and O–H groups in total. The third-order valence-electron chi connectivity index (χ3n) is 6.09. The predicted molar refractivity (Wildman–Crippen MR) is 121 cm³/mol. The Bertz CT molecular complexity index is 815. The summed E-state index contributed by atoms with van der Waals surface area (Å²) in [5.74, 6) is 0.284. The van der Waals surface area contributed by atoms with Crippen LogP contribution < -0.4 is 9.80 Å². The number of nitrogens with zero attached hydrogens (tertiary/aromatic N) is 3. The normalized spacial score (nSPS) is 17.9. The van der Waals surface area contributed by atoms with Gasteiger partial charge in [0, 0.05) is 55.5 Å². The second-order valence-electron chi connectivity index (χ2n) is 8.04. The maximum atomic E-state index is 12.6. The molecule has 29 heavy (non-hydrogen) atoms. The van der Waals surface area contributed by atoms with Crippen LogP contribution in [0.15, 0.2) is 48.5 Å². The summed E-state index contributed by atoms with van der Waals surface area (Å²) >= 11 is 6.00. The van der Waals surface area contributed by atoms with Crippen LogP contribution >= 0.6 is 11.6 Å². The summed E-state index contributed by atoms with van der Waals surface area (Å²) in [6.45, 7) is 6.24. The maximum Gasteiger partial charge on any atom is 0.226 e. The number of unbranched alkanes of at least 4 members (excludes halogenated alkanes) is 1. The third kappa shape index (κ3) is 5.12. The second kappa shape index (κ2) is 9.64. The lowest BCUT2D eigenvalue weighted by Crippen LogP contribution is -2.46. The fraction of sp³-hybridized carbons (Fsp3) is 0.458. The fourth-order valence-corrected chi connectivity index (χ4v) is 4.54. The average molecular weight is 412 g/mol. The molecule has 2 aromatic rings.